The van der Waals surface area contributed by atoms with Crippen LogP contribution < -0.4 is 0 Å². The van der Waals surface area contributed by atoms with Gasteiger partial charge in [-0.25, -0.2) is 0 Å². The molecule has 0 aliphatic carbocycles. The number of rotatable bonds is 0. The van der Waals surface area contributed by atoms with Crippen molar-refractivity contribution in [2.24, 2.45) is 0 Å². The predicted molar refractivity (Wildman–Crippen MR) is 34.8 cm³/mol. The van der Waals surface area contributed by atoms with E-state index in [2.05, 4.69) is 4.98 Å². The van der Waals surface area contributed by atoms with E-state index in [1.165, 1.54) is 0 Å². The first-order chi connectivity index (χ1) is 3.00. The largest absolute Gasteiger partial charge is 2.00 e. The molecular formula is C5H9N3Pt. The first kappa shape index (κ1) is 15.9. The zero-order chi connectivity index (χ0) is 4.24. The van der Waals surface area contributed by atoms with Crippen molar-refractivity contribution in [3.05, 3.63) is 42.9 Å². The summed E-state index contributed by atoms with van der Waals surface area (Å²) < 4.78 is 0. The average molecular weight is 306 g/mol. The van der Waals surface area contributed by atoms with Crippen molar-refractivity contribution in [1.29, 1.82) is 0 Å². The molecule has 4 heteroatoms. The zero-order valence-electron chi connectivity index (χ0n) is 4.80. The van der Waals surface area contributed by atoms with E-state index in [9.17, 15) is 0 Å². The van der Waals surface area contributed by atoms with Crippen LogP contribution in [0, 0.1) is 0 Å². The minimum atomic E-state index is 0. The van der Waals surface area contributed by atoms with Crippen molar-refractivity contribution in [1.82, 2.24) is 4.98 Å². The molecule has 1 rings (SSSR count). The van der Waals surface area contributed by atoms with Crippen LogP contribution in [-0.4, -0.2) is 4.98 Å². The molecule has 0 aromatic carbocycles. The van der Waals surface area contributed by atoms with Gasteiger partial charge in [0.05, 0.1) is 0 Å². The average Bonchev–Trinajstić information content (AvgIpc) is 1.72. The first-order valence-electron chi connectivity index (χ1n) is 1.85. The number of nitrogens with zero attached hydrogens (tertiary/aromatic N) is 1. The van der Waals surface area contributed by atoms with E-state index < -0.39 is 0 Å². The summed E-state index contributed by atoms with van der Waals surface area (Å²) in [5.74, 6) is 0. The molecule has 1 heterocycles. The molecule has 0 saturated heterocycles. The molecule has 0 aliphatic heterocycles. The Morgan fingerprint density at radius 1 is 0.778 bits per heavy atom. The SMILES string of the molecule is [NH2-].[NH2-].[Pt+2].c1ccncc1. The smallest absolute Gasteiger partial charge is 0.693 e. The van der Waals surface area contributed by atoms with Gasteiger partial charge >= 0.3 is 21.1 Å². The third-order valence-electron chi connectivity index (χ3n) is 0.566. The van der Waals surface area contributed by atoms with Gasteiger partial charge in [-0.3, -0.25) is 4.98 Å². The Bertz CT molecular complexity index is 84.1. The minimum absolute atomic E-state index is 0. The number of hydrogen-bond donors (Lipinski definition) is 0. The minimum Gasteiger partial charge on any atom is -0.693 e. The van der Waals surface area contributed by atoms with E-state index in [1.54, 1.807) is 12.4 Å². The number of pyridine rings is 1. The first-order valence-corrected chi connectivity index (χ1v) is 1.85. The van der Waals surface area contributed by atoms with Crippen molar-refractivity contribution in [3.8, 4) is 0 Å². The molecule has 3 nitrogen and oxygen atoms in total. The second kappa shape index (κ2) is 10.7. The van der Waals surface area contributed by atoms with Gasteiger partial charge in [-0.05, 0) is 12.1 Å². The van der Waals surface area contributed by atoms with Gasteiger partial charge in [0.1, 0.15) is 0 Å². The maximum atomic E-state index is 3.78. The van der Waals surface area contributed by atoms with Gasteiger partial charge in [-0.1, -0.05) is 6.07 Å². The van der Waals surface area contributed by atoms with Crippen LogP contribution in [0.3, 0.4) is 0 Å². The Hall–Kier alpha value is -0.242. The van der Waals surface area contributed by atoms with E-state index in [0.29, 0.717) is 0 Å². The Kier molecular flexibility index (Phi) is 18.9. The molecular weight excluding hydrogens is 297 g/mol. The molecule has 9 heavy (non-hydrogen) atoms. The summed E-state index contributed by atoms with van der Waals surface area (Å²) in [6, 6.07) is 5.72. The van der Waals surface area contributed by atoms with E-state index >= 15 is 0 Å². The van der Waals surface area contributed by atoms with Crippen LogP contribution >= 0.6 is 0 Å². The van der Waals surface area contributed by atoms with Gasteiger partial charge in [0.15, 0.2) is 0 Å². The summed E-state index contributed by atoms with van der Waals surface area (Å²) >= 11 is 0. The van der Waals surface area contributed by atoms with Crippen molar-refractivity contribution in [3.63, 3.8) is 0 Å². The number of aromatic nitrogens is 1. The van der Waals surface area contributed by atoms with Crippen molar-refractivity contribution < 1.29 is 21.1 Å². The monoisotopic (exact) mass is 306 g/mol. The van der Waals surface area contributed by atoms with E-state index in [1.807, 2.05) is 18.2 Å². The van der Waals surface area contributed by atoms with Gasteiger partial charge < -0.3 is 12.3 Å². The molecule has 54 valence electrons. The van der Waals surface area contributed by atoms with Gasteiger partial charge in [0.2, 0.25) is 0 Å². The number of hydrogen-bond acceptors (Lipinski definition) is 1. The molecule has 0 aliphatic rings. The molecule has 0 spiro atoms. The summed E-state index contributed by atoms with van der Waals surface area (Å²) in [4.78, 5) is 3.78. The molecule has 0 unspecified atom stereocenters. The second-order valence-corrected chi connectivity index (χ2v) is 1.02. The third-order valence-corrected chi connectivity index (χ3v) is 0.566. The number of nitrogens with two attached hydrogens (primary N) is 2. The maximum absolute atomic E-state index is 3.78. The molecule has 1 aromatic rings. The molecule has 4 N–H and O–H groups in total. The Labute approximate surface area is 69.3 Å². The van der Waals surface area contributed by atoms with Crippen LogP contribution in [0.1, 0.15) is 0 Å². The quantitative estimate of drug-likeness (QED) is 0.725. The fourth-order valence-electron chi connectivity index (χ4n) is 0.313. The summed E-state index contributed by atoms with van der Waals surface area (Å²) in [5, 5.41) is 0. The van der Waals surface area contributed by atoms with Crippen LogP contribution in [0.2, 0.25) is 0 Å². The summed E-state index contributed by atoms with van der Waals surface area (Å²) in [6.45, 7) is 0. The topological polar surface area (TPSA) is 79.9 Å². The Morgan fingerprint density at radius 3 is 1.33 bits per heavy atom. The second-order valence-electron chi connectivity index (χ2n) is 1.02. The standard InChI is InChI=1S/C5H5N.2H2N.Pt/c1-2-4-6-5-3-1;;;/h1-5H;2*1H2;/q;2*-1;+2. The normalized spacial score (nSPS) is 5.33. The van der Waals surface area contributed by atoms with Gasteiger partial charge in [-0.2, -0.15) is 0 Å². The fraction of sp³-hybridized carbons (Fsp3) is 0. The summed E-state index contributed by atoms with van der Waals surface area (Å²) in [6.07, 6.45) is 3.50. The van der Waals surface area contributed by atoms with Crippen LogP contribution in [-0.2, 0) is 21.1 Å². The Balaban J connectivity index is -0.000000120. The van der Waals surface area contributed by atoms with E-state index in [4.69, 9.17) is 0 Å². The van der Waals surface area contributed by atoms with Crippen LogP contribution in [0.15, 0.2) is 30.6 Å². The van der Waals surface area contributed by atoms with E-state index in [0.717, 1.165) is 0 Å². The van der Waals surface area contributed by atoms with Crippen molar-refractivity contribution in [2.45, 2.75) is 0 Å². The van der Waals surface area contributed by atoms with Crippen LogP contribution in [0.5, 0.6) is 0 Å². The van der Waals surface area contributed by atoms with Crippen molar-refractivity contribution in [2.75, 3.05) is 0 Å². The zero-order valence-corrected chi connectivity index (χ0v) is 7.08. The fourth-order valence-corrected chi connectivity index (χ4v) is 0.313. The molecule has 0 fully saturated rings. The maximum Gasteiger partial charge on any atom is 2.00 e. The summed E-state index contributed by atoms with van der Waals surface area (Å²) in [7, 11) is 0. The molecule has 0 amide bonds. The molecule has 0 radical (unpaired) electrons. The van der Waals surface area contributed by atoms with Crippen LogP contribution in [0.25, 0.3) is 12.3 Å². The van der Waals surface area contributed by atoms with Gasteiger partial charge in [0, 0.05) is 12.4 Å². The summed E-state index contributed by atoms with van der Waals surface area (Å²) in [5.41, 5.74) is 0. The molecule has 1 aromatic heterocycles. The van der Waals surface area contributed by atoms with Gasteiger partial charge in [0.25, 0.3) is 0 Å². The third kappa shape index (κ3) is 7.76. The van der Waals surface area contributed by atoms with Crippen molar-refractivity contribution >= 4 is 0 Å². The molecule has 0 atom stereocenters. The Morgan fingerprint density at radius 2 is 1.22 bits per heavy atom. The van der Waals surface area contributed by atoms with E-state index in [-0.39, 0.29) is 33.4 Å². The molecule has 0 bridgehead atoms. The van der Waals surface area contributed by atoms with Crippen LogP contribution in [0.4, 0.5) is 0 Å². The predicted octanol–water partition coefficient (Wildman–Crippen LogP) is 2.51. The molecule has 0 saturated carbocycles. The van der Waals surface area contributed by atoms with Gasteiger partial charge in [-0.15, -0.1) is 0 Å².